The Morgan fingerprint density at radius 1 is 1.40 bits per heavy atom. The minimum atomic E-state index is -0.747. The van der Waals surface area contributed by atoms with Gasteiger partial charge in [0.15, 0.2) is 0 Å². The van der Waals surface area contributed by atoms with Crippen LogP contribution in [0.25, 0.3) is 0 Å². The Morgan fingerprint density at radius 2 is 2.15 bits per heavy atom. The molecule has 0 aromatic heterocycles. The highest BCUT2D eigenvalue weighted by Crippen LogP contribution is 2.23. The van der Waals surface area contributed by atoms with E-state index in [1.165, 1.54) is 18.5 Å². The summed E-state index contributed by atoms with van der Waals surface area (Å²) < 4.78 is 0. The predicted molar refractivity (Wildman–Crippen MR) is 76.1 cm³/mol. The summed E-state index contributed by atoms with van der Waals surface area (Å²) >= 11 is 0. The molecule has 2 aliphatic rings. The molecule has 0 aromatic carbocycles. The van der Waals surface area contributed by atoms with Crippen LogP contribution in [0, 0.1) is 5.92 Å². The first-order valence-corrected chi connectivity index (χ1v) is 7.53. The van der Waals surface area contributed by atoms with Gasteiger partial charge in [-0.25, -0.2) is 0 Å². The van der Waals surface area contributed by atoms with E-state index in [0.29, 0.717) is 6.54 Å². The zero-order valence-corrected chi connectivity index (χ0v) is 12.2. The number of carboxylic acid groups (broad SMARTS) is 1. The molecule has 1 aliphatic carbocycles. The van der Waals surface area contributed by atoms with Gasteiger partial charge in [0.05, 0.1) is 13.0 Å². The van der Waals surface area contributed by atoms with Crippen LogP contribution in [0.2, 0.25) is 0 Å². The van der Waals surface area contributed by atoms with Crippen molar-refractivity contribution in [1.82, 2.24) is 9.80 Å². The molecule has 112 valence electrons. The van der Waals surface area contributed by atoms with Crippen LogP contribution in [0.1, 0.15) is 39.0 Å². The molecule has 0 spiro atoms. The van der Waals surface area contributed by atoms with Gasteiger partial charge in [0.25, 0.3) is 0 Å². The summed E-state index contributed by atoms with van der Waals surface area (Å²) in [6.07, 6.45) is 6.87. The van der Waals surface area contributed by atoms with Gasteiger partial charge in [0.1, 0.15) is 0 Å². The van der Waals surface area contributed by atoms with E-state index in [0.717, 1.165) is 32.5 Å². The lowest BCUT2D eigenvalue weighted by atomic mass is 9.96. The van der Waals surface area contributed by atoms with E-state index in [4.69, 9.17) is 5.11 Å². The molecule has 1 aliphatic heterocycles. The minimum Gasteiger partial charge on any atom is -0.481 e. The fraction of sp³-hybridized carbons (Fsp3) is 0.733. The number of hydrogen-bond donors (Lipinski definition) is 1. The van der Waals surface area contributed by atoms with E-state index in [2.05, 4.69) is 6.08 Å². The lowest BCUT2D eigenvalue weighted by Crippen LogP contribution is -2.51. The number of allylic oxidation sites excluding steroid dienone is 2. The maximum atomic E-state index is 12.3. The van der Waals surface area contributed by atoms with Crippen LogP contribution >= 0.6 is 0 Å². The average Bonchev–Trinajstić information content (AvgIpc) is 2.38. The highest BCUT2D eigenvalue weighted by Gasteiger charge is 2.31. The van der Waals surface area contributed by atoms with Crippen molar-refractivity contribution in [3.8, 4) is 0 Å². The molecule has 1 N–H and O–H groups in total. The van der Waals surface area contributed by atoms with E-state index in [9.17, 15) is 9.59 Å². The van der Waals surface area contributed by atoms with Crippen LogP contribution in [0.3, 0.4) is 0 Å². The van der Waals surface area contributed by atoms with E-state index in [-0.39, 0.29) is 18.2 Å². The quantitative estimate of drug-likeness (QED) is 0.804. The van der Waals surface area contributed by atoms with E-state index < -0.39 is 5.97 Å². The molecule has 0 atom stereocenters. The number of carbonyl (C=O) groups excluding carboxylic acids is 1. The van der Waals surface area contributed by atoms with Crippen molar-refractivity contribution < 1.29 is 14.7 Å². The van der Waals surface area contributed by atoms with Gasteiger partial charge >= 0.3 is 5.97 Å². The molecular formula is C15H24N2O3. The molecule has 0 radical (unpaired) electrons. The number of amides is 1. The Kier molecular flexibility index (Phi) is 5.17. The standard InChI is InChI=1S/C15H24N2O3/c1-2-17(13-6-4-3-5-7-13)14(18)11-16-9-12(10-16)8-15(19)20/h6,12H,2-5,7-11H2,1H3,(H,19,20). The topological polar surface area (TPSA) is 60.9 Å². The van der Waals surface area contributed by atoms with Gasteiger partial charge in [-0.1, -0.05) is 6.08 Å². The van der Waals surface area contributed by atoms with Crippen LogP contribution in [0.5, 0.6) is 0 Å². The number of carbonyl (C=O) groups is 2. The lowest BCUT2D eigenvalue weighted by Gasteiger charge is -2.39. The molecule has 1 fully saturated rings. The number of rotatable bonds is 6. The highest BCUT2D eigenvalue weighted by molar-refractivity contribution is 5.80. The lowest BCUT2D eigenvalue weighted by molar-refractivity contribution is -0.140. The SMILES string of the molecule is CCN(C(=O)CN1CC(CC(=O)O)C1)C1=CCCCC1. The Labute approximate surface area is 120 Å². The second kappa shape index (κ2) is 6.88. The Hall–Kier alpha value is -1.36. The number of likely N-dealkylation sites (tertiary alicyclic amines) is 1. The van der Waals surface area contributed by atoms with Gasteiger partial charge in [0.2, 0.25) is 5.91 Å². The maximum Gasteiger partial charge on any atom is 0.303 e. The van der Waals surface area contributed by atoms with Crippen LogP contribution in [-0.4, -0.2) is 53.0 Å². The second-order valence-corrected chi connectivity index (χ2v) is 5.74. The monoisotopic (exact) mass is 280 g/mol. The van der Waals surface area contributed by atoms with Crippen molar-refractivity contribution >= 4 is 11.9 Å². The third kappa shape index (κ3) is 3.82. The van der Waals surface area contributed by atoms with Crippen LogP contribution in [0.15, 0.2) is 11.8 Å². The van der Waals surface area contributed by atoms with Crippen LogP contribution < -0.4 is 0 Å². The maximum absolute atomic E-state index is 12.3. The van der Waals surface area contributed by atoms with Crippen LogP contribution in [-0.2, 0) is 9.59 Å². The van der Waals surface area contributed by atoms with Crippen molar-refractivity contribution in [2.24, 2.45) is 5.92 Å². The molecule has 0 bridgehead atoms. The zero-order valence-electron chi connectivity index (χ0n) is 12.2. The van der Waals surface area contributed by atoms with Crippen LogP contribution in [0.4, 0.5) is 0 Å². The predicted octanol–water partition coefficient (Wildman–Crippen LogP) is 1.70. The molecule has 5 heteroatoms. The summed E-state index contributed by atoms with van der Waals surface area (Å²) in [6.45, 7) is 4.61. The zero-order chi connectivity index (χ0) is 14.5. The third-order valence-electron chi connectivity index (χ3n) is 4.09. The van der Waals surface area contributed by atoms with Gasteiger partial charge in [0, 0.05) is 25.3 Å². The molecular weight excluding hydrogens is 256 g/mol. The molecule has 20 heavy (non-hydrogen) atoms. The normalized spacial score (nSPS) is 20.1. The Morgan fingerprint density at radius 3 is 2.70 bits per heavy atom. The number of hydrogen-bond acceptors (Lipinski definition) is 3. The van der Waals surface area contributed by atoms with Crippen molar-refractivity contribution in [3.63, 3.8) is 0 Å². The fourth-order valence-corrected chi connectivity index (χ4v) is 3.06. The van der Waals surface area contributed by atoms with Gasteiger partial charge in [-0.05, 0) is 38.5 Å². The minimum absolute atomic E-state index is 0.148. The first kappa shape index (κ1) is 15.0. The summed E-state index contributed by atoms with van der Waals surface area (Å²) in [4.78, 5) is 26.9. The molecule has 1 heterocycles. The van der Waals surface area contributed by atoms with Gasteiger partial charge in [-0.15, -0.1) is 0 Å². The average molecular weight is 280 g/mol. The molecule has 0 unspecified atom stereocenters. The summed E-state index contributed by atoms with van der Waals surface area (Å²) in [5, 5.41) is 8.71. The van der Waals surface area contributed by atoms with E-state index >= 15 is 0 Å². The summed E-state index contributed by atoms with van der Waals surface area (Å²) in [5.41, 5.74) is 1.17. The van der Waals surface area contributed by atoms with Crippen molar-refractivity contribution in [2.75, 3.05) is 26.2 Å². The van der Waals surface area contributed by atoms with Gasteiger partial charge in [-0.2, -0.15) is 0 Å². The van der Waals surface area contributed by atoms with Crippen molar-refractivity contribution in [2.45, 2.75) is 39.0 Å². The first-order valence-electron chi connectivity index (χ1n) is 7.53. The second-order valence-electron chi connectivity index (χ2n) is 5.74. The number of likely N-dealkylation sites (N-methyl/N-ethyl adjacent to an activating group) is 1. The first-order chi connectivity index (χ1) is 9.60. The summed E-state index contributed by atoms with van der Waals surface area (Å²) in [5.74, 6) is -0.387. The Balaban J connectivity index is 1.79. The largest absolute Gasteiger partial charge is 0.481 e. The molecule has 0 saturated carbocycles. The molecule has 0 aromatic rings. The smallest absolute Gasteiger partial charge is 0.303 e. The van der Waals surface area contributed by atoms with E-state index in [1.54, 1.807) is 0 Å². The third-order valence-corrected chi connectivity index (χ3v) is 4.09. The number of carboxylic acids is 1. The highest BCUT2D eigenvalue weighted by atomic mass is 16.4. The summed E-state index contributed by atoms with van der Waals surface area (Å²) in [6, 6.07) is 0. The van der Waals surface area contributed by atoms with Gasteiger partial charge < -0.3 is 10.0 Å². The molecule has 5 nitrogen and oxygen atoms in total. The number of nitrogens with zero attached hydrogens (tertiary/aromatic N) is 2. The fourth-order valence-electron chi connectivity index (χ4n) is 3.06. The van der Waals surface area contributed by atoms with Gasteiger partial charge in [-0.3, -0.25) is 14.5 Å². The van der Waals surface area contributed by atoms with Crippen molar-refractivity contribution in [1.29, 1.82) is 0 Å². The summed E-state index contributed by atoms with van der Waals surface area (Å²) in [7, 11) is 0. The Bertz CT molecular complexity index is 400. The van der Waals surface area contributed by atoms with Crippen molar-refractivity contribution in [3.05, 3.63) is 11.8 Å². The molecule has 1 saturated heterocycles. The number of aliphatic carboxylic acids is 1. The molecule has 1 amide bonds. The molecule has 2 rings (SSSR count). The van der Waals surface area contributed by atoms with E-state index in [1.807, 2.05) is 16.7 Å².